The Morgan fingerprint density at radius 2 is 1.04 bits per heavy atom. The highest BCUT2D eigenvalue weighted by atomic mass is 16.3. The highest BCUT2D eigenvalue weighted by Crippen LogP contribution is 2.51. The van der Waals surface area contributed by atoms with Crippen molar-refractivity contribution in [3.8, 4) is 33.6 Å². The van der Waals surface area contributed by atoms with Crippen LogP contribution in [0.15, 0.2) is 174 Å². The largest absolute Gasteiger partial charge is 0.454 e. The summed E-state index contributed by atoms with van der Waals surface area (Å²) in [5.74, 6) is 0. The number of nitrogens with zero attached hydrogens (tertiary/aromatic N) is 2. The Kier molecular flexibility index (Phi) is 5.84. The molecule has 11 aromatic rings. The van der Waals surface area contributed by atoms with Gasteiger partial charge in [-0.1, -0.05) is 123 Å². The summed E-state index contributed by atoms with van der Waals surface area (Å²) in [5, 5.41) is 7.26. The smallest absolute Gasteiger partial charge is 0.160 e. The van der Waals surface area contributed by atoms with E-state index in [-0.39, 0.29) is 5.41 Å². The van der Waals surface area contributed by atoms with Crippen molar-refractivity contribution in [2.45, 2.75) is 19.3 Å². The maximum absolute atomic E-state index is 6.65. The highest BCUT2D eigenvalue weighted by molar-refractivity contribution is 6.21. The zero-order valence-corrected chi connectivity index (χ0v) is 30.0. The van der Waals surface area contributed by atoms with Gasteiger partial charge in [0.2, 0.25) is 0 Å². The third-order valence-corrected chi connectivity index (χ3v) is 12.1. The van der Waals surface area contributed by atoms with Crippen molar-refractivity contribution in [3.63, 3.8) is 0 Å². The molecule has 0 amide bonds. The monoisotopic (exact) mass is 690 g/mol. The maximum atomic E-state index is 6.65. The van der Waals surface area contributed by atoms with Crippen LogP contribution in [0.3, 0.4) is 0 Å². The fourth-order valence-electron chi connectivity index (χ4n) is 9.56. The molecule has 0 saturated carbocycles. The Balaban J connectivity index is 1.04. The molecule has 3 nitrogen and oxygen atoms in total. The second-order valence-electron chi connectivity index (χ2n) is 15.3. The summed E-state index contributed by atoms with van der Waals surface area (Å²) >= 11 is 0. The minimum Gasteiger partial charge on any atom is -0.454 e. The van der Waals surface area contributed by atoms with E-state index in [2.05, 4.69) is 187 Å². The number of furan rings is 1. The summed E-state index contributed by atoms with van der Waals surface area (Å²) in [5.41, 5.74) is 16.5. The van der Waals surface area contributed by atoms with E-state index in [4.69, 9.17) is 4.42 Å². The Morgan fingerprint density at radius 1 is 0.407 bits per heavy atom. The zero-order chi connectivity index (χ0) is 35.7. The lowest BCUT2D eigenvalue weighted by Gasteiger charge is -2.22. The van der Waals surface area contributed by atoms with Gasteiger partial charge in [0, 0.05) is 49.1 Å². The first-order valence-electron chi connectivity index (χ1n) is 18.8. The third-order valence-electron chi connectivity index (χ3n) is 12.1. The fourth-order valence-corrected chi connectivity index (χ4v) is 9.56. The standard InChI is InChI=1S/C51H34N2O/c1-51(2)43-27-21-31(32-20-23-38-36-14-6-9-17-45(36)52(47(38)29-32)33-12-4-3-5-13-33)28-42(43)35-24-22-34(30-44(35)51)53-46-18-10-7-15-37(46)40-25-26-41-39-16-8-11-19-48(39)54-50(41)49(40)53/h3-30H,1-2H3. The normalized spacial score (nSPS) is 13.5. The number of benzene rings is 8. The molecule has 254 valence electrons. The fraction of sp³-hybridized carbons (Fsp3) is 0.0588. The van der Waals surface area contributed by atoms with Gasteiger partial charge in [-0.15, -0.1) is 0 Å². The molecule has 12 rings (SSSR count). The minimum absolute atomic E-state index is 0.170. The van der Waals surface area contributed by atoms with Gasteiger partial charge in [0.1, 0.15) is 5.58 Å². The highest BCUT2D eigenvalue weighted by Gasteiger charge is 2.36. The molecule has 0 atom stereocenters. The van der Waals surface area contributed by atoms with Crippen molar-refractivity contribution in [1.82, 2.24) is 9.13 Å². The van der Waals surface area contributed by atoms with Crippen LogP contribution in [0.1, 0.15) is 25.0 Å². The van der Waals surface area contributed by atoms with Gasteiger partial charge in [-0.3, -0.25) is 0 Å². The van der Waals surface area contributed by atoms with Gasteiger partial charge in [-0.2, -0.15) is 0 Å². The van der Waals surface area contributed by atoms with Crippen molar-refractivity contribution >= 4 is 65.6 Å². The van der Waals surface area contributed by atoms with Gasteiger partial charge < -0.3 is 13.6 Å². The first-order chi connectivity index (χ1) is 26.5. The van der Waals surface area contributed by atoms with Gasteiger partial charge in [-0.05, 0) is 94.0 Å². The van der Waals surface area contributed by atoms with Gasteiger partial charge in [-0.25, -0.2) is 0 Å². The quantitative estimate of drug-likeness (QED) is 0.181. The summed E-state index contributed by atoms with van der Waals surface area (Å²) in [6.07, 6.45) is 0. The Labute approximate surface area is 311 Å². The van der Waals surface area contributed by atoms with Crippen molar-refractivity contribution in [2.75, 3.05) is 0 Å². The number of para-hydroxylation sites is 4. The van der Waals surface area contributed by atoms with Crippen LogP contribution < -0.4 is 0 Å². The van der Waals surface area contributed by atoms with Gasteiger partial charge in [0.25, 0.3) is 0 Å². The van der Waals surface area contributed by atoms with Gasteiger partial charge in [0.05, 0.1) is 22.1 Å². The number of aromatic nitrogens is 2. The van der Waals surface area contributed by atoms with Crippen molar-refractivity contribution in [3.05, 3.63) is 181 Å². The first-order valence-corrected chi connectivity index (χ1v) is 18.8. The minimum atomic E-state index is -0.170. The molecule has 1 aliphatic carbocycles. The lowest BCUT2D eigenvalue weighted by Crippen LogP contribution is -2.15. The molecule has 0 fully saturated rings. The lowest BCUT2D eigenvalue weighted by atomic mass is 9.82. The molecule has 3 heteroatoms. The molecule has 0 unspecified atom stereocenters. The number of fused-ring (bicyclic) bond motifs is 13. The Bertz CT molecular complexity index is 3350. The van der Waals surface area contributed by atoms with Gasteiger partial charge >= 0.3 is 0 Å². The molecular formula is C51H34N2O. The van der Waals surface area contributed by atoms with E-state index in [0.717, 1.165) is 33.1 Å². The summed E-state index contributed by atoms with van der Waals surface area (Å²) in [6.45, 7) is 4.74. The van der Waals surface area contributed by atoms with Crippen LogP contribution in [0.5, 0.6) is 0 Å². The Morgan fingerprint density at radius 3 is 1.87 bits per heavy atom. The first kappa shape index (κ1) is 29.7. The van der Waals surface area contributed by atoms with E-state index in [1.165, 1.54) is 77.2 Å². The van der Waals surface area contributed by atoms with E-state index in [1.807, 2.05) is 6.07 Å². The average Bonchev–Trinajstić information content (AvgIpc) is 3.93. The summed E-state index contributed by atoms with van der Waals surface area (Å²) in [4.78, 5) is 0. The predicted molar refractivity (Wildman–Crippen MR) is 225 cm³/mol. The van der Waals surface area contributed by atoms with Crippen LogP contribution in [0.25, 0.3) is 99.2 Å². The number of rotatable bonds is 3. The maximum Gasteiger partial charge on any atom is 0.160 e. The molecule has 0 bridgehead atoms. The van der Waals surface area contributed by atoms with Crippen molar-refractivity contribution in [1.29, 1.82) is 0 Å². The SMILES string of the molecule is CC1(C)c2ccc(-c3ccc4c5ccccc5n(-c5ccccc5)c4c3)cc2-c2ccc(-n3c4ccccc4c4ccc5c6ccccc6oc5c43)cc21. The molecule has 1 aliphatic rings. The molecule has 8 aromatic carbocycles. The van der Waals surface area contributed by atoms with Crippen LogP contribution in [0.2, 0.25) is 0 Å². The van der Waals surface area contributed by atoms with Gasteiger partial charge in [0.15, 0.2) is 5.58 Å². The average molecular weight is 691 g/mol. The lowest BCUT2D eigenvalue weighted by molar-refractivity contribution is 0.660. The van der Waals surface area contributed by atoms with E-state index in [0.29, 0.717) is 0 Å². The molecule has 0 aliphatic heterocycles. The zero-order valence-electron chi connectivity index (χ0n) is 30.0. The van der Waals surface area contributed by atoms with Crippen LogP contribution in [0, 0.1) is 0 Å². The summed E-state index contributed by atoms with van der Waals surface area (Å²) in [7, 11) is 0. The van der Waals surface area contributed by atoms with E-state index in [9.17, 15) is 0 Å². The van der Waals surface area contributed by atoms with Crippen molar-refractivity contribution in [2.24, 2.45) is 0 Å². The molecule has 3 heterocycles. The number of hydrogen-bond acceptors (Lipinski definition) is 1. The molecule has 3 aromatic heterocycles. The molecule has 0 saturated heterocycles. The Hall–Kier alpha value is -6.84. The van der Waals surface area contributed by atoms with Crippen molar-refractivity contribution < 1.29 is 4.42 Å². The van der Waals surface area contributed by atoms with E-state index >= 15 is 0 Å². The topological polar surface area (TPSA) is 23.0 Å². The molecule has 0 spiro atoms. The van der Waals surface area contributed by atoms with E-state index in [1.54, 1.807) is 0 Å². The predicted octanol–water partition coefficient (Wildman–Crippen LogP) is 13.8. The molecular weight excluding hydrogens is 657 g/mol. The molecule has 0 N–H and O–H groups in total. The molecule has 0 radical (unpaired) electrons. The van der Waals surface area contributed by atoms with Crippen LogP contribution in [0.4, 0.5) is 0 Å². The second kappa shape index (κ2) is 10.6. The summed E-state index contributed by atoms with van der Waals surface area (Å²) in [6, 6.07) is 62.1. The number of hydrogen-bond donors (Lipinski definition) is 0. The third kappa shape index (κ3) is 3.91. The van der Waals surface area contributed by atoms with Crippen LogP contribution >= 0.6 is 0 Å². The van der Waals surface area contributed by atoms with E-state index < -0.39 is 0 Å². The van der Waals surface area contributed by atoms with Crippen LogP contribution in [-0.2, 0) is 5.41 Å². The molecule has 54 heavy (non-hydrogen) atoms. The van der Waals surface area contributed by atoms with Crippen LogP contribution in [-0.4, -0.2) is 9.13 Å². The summed E-state index contributed by atoms with van der Waals surface area (Å²) < 4.78 is 11.5. The second-order valence-corrected chi connectivity index (χ2v) is 15.3.